The first kappa shape index (κ1) is 94.3. The Hall–Kier alpha value is -16.7. The number of hydrogen-bond donors (Lipinski definition) is 0. The third-order valence-electron chi connectivity index (χ3n) is 24.9. The Kier molecular flexibility index (Phi) is 29.2. The van der Waals surface area contributed by atoms with Crippen LogP contribution in [0.5, 0.6) is 69.0 Å². The Morgan fingerprint density at radius 3 is 0.507 bits per heavy atom. The number of ether oxygens (including phenoxy) is 12. The van der Waals surface area contributed by atoms with Gasteiger partial charge in [-0.3, -0.25) is 9.59 Å². The van der Waals surface area contributed by atoms with Gasteiger partial charge in [0, 0.05) is 71.0 Å². The number of benzene rings is 17. The molecule has 0 unspecified atom stereocenters. The first-order valence-electron chi connectivity index (χ1n) is 48.1. The van der Waals surface area contributed by atoms with Crippen LogP contribution >= 0.6 is 0 Å². The van der Waals surface area contributed by atoms with Crippen molar-refractivity contribution in [1.29, 1.82) is 0 Å². The number of fused-ring (bicyclic) bond motifs is 4. The van der Waals surface area contributed by atoms with Crippen molar-refractivity contribution in [2.75, 3.05) is 0 Å². The van der Waals surface area contributed by atoms with Gasteiger partial charge in [0.2, 0.25) is 0 Å². The van der Waals surface area contributed by atoms with Crippen LogP contribution in [0.15, 0.2) is 410 Å². The molecule has 17 aromatic carbocycles. The number of pyridine rings is 2. The SMILES string of the molecule is CC(C)(C)c1ccc2c(c1)c(=O)c1cc3c(cc1n2Cc1cc(OCc2cc(OCc4ccccc4)cc(OCc4ccccc4)c2)cc(OCc2cc(OCc4ccccc4)cc(OCc4ccccc4)c2)c1)c(=O)c1cc(C(C)(C)C)ccc1n3Cc1cc(OCc2cc(OCc3ccccc3)cc(OCc3ccccc3)c2)cc(OCc2cc(OCc3ccccc3)cc(OCc3ccccc3)c2)c1. The maximum absolute atomic E-state index is 16.4. The number of hydrogen-bond acceptors (Lipinski definition) is 14. The summed E-state index contributed by atoms with van der Waals surface area (Å²) in [5.74, 6) is 6.88. The fourth-order valence-corrected chi connectivity index (χ4v) is 17.4. The molecule has 0 N–H and O–H groups in total. The van der Waals surface area contributed by atoms with Crippen molar-refractivity contribution >= 4 is 43.6 Å². The van der Waals surface area contributed by atoms with Gasteiger partial charge in [-0.05, 0) is 209 Å². The van der Waals surface area contributed by atoms with Gasteiger partial charge in [0.25, 0.3) is 0 Å². The van der Waals surface area contributed by atoms with E-state index in [1.807, 2.05) is 388 Å². The summed E-state index contributed by atoms with van der Waals surface area (Å²) in [5.41, 5.74) is 16.1. The highest BCUT2D eigenvalue weighted by Gasteiger charge is 2.25. The van der Waals surface area contributed by atoms with Crippen molar-refractivity contribution in [2.45, 2.75) is 145 Å². The van der Waals surface area contributed by atoms with E-state index in [1.54, 1.807) is 0 Å². The van der Waals surface area contributed by atoms with Gasteiger partial charge in [0.05, 0.1) is 22.1 Å². The predicted molar refractivity (Wildman–Crippen MR) is 563 cm³/mol. The largest absolute Gasteiger partial charge is 0.489 e. The molecule has 2 aromatic heterocycles. The van der Waals surface area contributed by atoms with Crippen LogP contribution in [0.2, 0.25) is 0 Å². The highest BCUT2D eigenvalue weighted by Crippen LogP contribution is 2.39. The first-order valence-corrected chi connectivity index (χ1v) is 48.1. The average molecular weight is 1880 g/mol. The maximum Gasteiger partial charge on any atom is 0.197 e. The maximum atomic E-state index is 16.4. The second-order valence-electron chi connectivity index (χ2n) is 37.9. The molecule has 2 heterocycles. The van der Waals surface area contributed by atoms with Gasteiger partial charge < -0.3 is 66.0 Å². The smallest absolute Gasteiger partial charge is 0.197 e. The predicted octanol–water partition coefficient (Wildman–Crippen LogP) is 28.3. The van der Waals surface area contributed by atoms with E-state index in [-0.39, 0.29) is 61.2 Å². The summed E-state index contributed by atoms with van der Waals surface area (Å²) < 4.78 is 84.8. The van der Waals surface area contributed by atoms with Gasteiger partial charge in [-0.15, -0.1) is 0 Å². The van der Waals surface area contributed by atoms with Gasteiger partial charge >= 0.3 is 0 Å². The quantitative estimate of drug-likeness (QED) is 0.0334. The molecule has 0 aliphatic rings. The van der Waals surface area contributed by atoms with Crippen LogP contribution in [-0.2, 0) is 103 Å². The van der Waals surface area contributed by atoms with Crippen LogP contribution in [0, 0.1) is 0 Å². The molecule has 0 aliphatic heterocycles. The second-order valence-corrected chi connectivity index (χ2v) is 37.9. The molecule has 19 rings (SSSR count). The minimum absolute atomic E-state index is 0.101. The Labute approximate surface area is 828 Å². The minimum Gasteiger partial charge on any atom is -0.489 e. The highest BCUT2D eigenvalue weighted by atomic mass is 16.5. The van der Waals surface area contributed by atoms with Crippen molar-refractivity contribution in [3.63, 3.8) is 0 Å². The van der Waals surface area contributed by atoms with E-state index >= 15 is 9.59 Å². The second kappa shape index (κ2) is 44.0. The van der Waals surface area contributed by atoms with Gasteiger partial charge in [0.15, 0.2) is 10.9 Å². The van der Waals surface area contributed by atoms with Gasteiger partial charge in [-0.2, -0.15) is 0 Å². The van der Waals surface area contributed by atoms with Gasteiger partial charge in [0.1, 0.15) is 148 Å². The molecule has 142 heavy (non-hydrogen) atoms. The lowest BCUT2D eigenvalue weighted by Crippen LogP contribution is -2.18. The molecule has 16 nitrogen and oxygen atoms in total. The Morgan fingerprint density at radius 2 is 0.331 bits per heavy atom. The van der Waals surface area contributed by atoms with E-state index in [0.717, 1.165) is 89.0 Å². The van der Waals surface area contributed by atoms with Crippen LogP contribution in [0.1, 0.15) is 131 Å². The number of aromatic nitrogens is 2. The molecule has 16 heteroatoms. The van der Waals surface area contributed by atoms with Crippen LogP contribution in [0.25, 0.3) is 43.6 Å². The molecular weight excluding hydrogens is 1770 g/mol. The zero-order chi connectivity index (χ0) is 97.1. The van der Waals surface area contributed by atoms with Crippen molar-refractivity contribution in [1.82, 2.24) is 9.13 Å². The zero-order valence-corrected chi connectivity index (χ0v) is 80.6. The van der Waals surface area contributed by atoms with Crippen molar-refractivity contribution < 1.29 is 56.8 Å². The van der Waals surface area contributed by atoms with Crippen LogP contribution in [-0.4, -0.2) is 9.13 Å². The van der Waals surface area contributed by atoms with E-state index < -0.39 is 0 Å². The summed E-state index contributed by atoms with van der Waals surface area (Å²) in [5, 5.41) is 1.81. The molecule has 0 saturated carbocycles. The topological polar surface area (TPSA) is 155 Å². The fraction of sp³-hybridized carbons (Fsp3) is 0.175. The lowest BCUT2D eigenvalue weighted by Gasteiger charge is -2.23. The number of rotatable bonds is 40. The van der Waals surface area contributed by atoms with Crippen LogP contribution in [0.4, 0.5) is 0 Å². The fourth-order valence-electron chi connectivity index (χ4n) is 17.4. The molecule has 0 saturated heterocycles. The number of nitrogens with zero attached hydrogens (tertiary/aromatic N) is 2. The van der Waals surface area contributed by atoms with Gasteiger partial charge in [-0.25, -0.2) is 0 Å². The molecule has 0 atom stereocenters. The average Bonchev–Trinajstić information content (AvgIpc) is 0.716. The summed E-state index contributed by atoms with van der Waals surface area (Å²) >= 11 is 0. The first-order chi connectivity index (χ1) is 69.3. The zero-order valence-electron chi connectivity index (χ0n) is 80.6. The highest BCUT2D eigenvalue weighted by molar-refractivity contribution is 6.04. The molecule has 0 bridgehead atoms. The van der Waals surface area contributed by atoms with E-state index in [1.165, 1.54) is 0 Å². The Balaban J connectivity index is 0.730. The normalized spacial score (nSPS) is 11.5. The lowest BCUT2D eigenvalue weighted by atomic mass is 9.86. The van der Waals surface area contributed by atoms with Crippen LogP contribution < -0.4 is 67.7 Å². The van der Waals surface area contributed by atoms with E-state index in [2.05, 4.69) is 62.8 Å². The van der Waals surface area contributed by atoms with E-state index in [9.17, 15) is 0 Å². The third kappa shape index (κ3) is 24.7. The molecule has 0 amide bonds. The molecule has 0 aliphatic carbocycles. The summed E-state index contributed by atoms with van der Waals surface area (Å²) in [6, 6.07) is 132. The third-order valence-corrected chi connectivity index (χ3v) is 24.9. The van der Waals surface area contributed by atoms with Crippen molar-refractivity contribution in [2.24, 2.45) is 0 Å². The molecule has 0 radical (unpaired) electrons. The standard InChI is InChI=1S/C126H112N2O14/c1-125(2,3)101-47-49-119-115(63-101)123(129)117-71-122-118(72-121(117)127(119)73-95-51-103(139-83-97-55-107(131-75-87-31-15-7-16-32-87)67-108(56-97)132-76-88-33-17-8-18-34-88)65-104(52-95)140-84-98-57-109(133-77-89-35-19-9-20-36-89)68-110(58-98)134-78-90-37-21-10-22-38-90)124(130)116-64-102(126(4,5)6)48-50-120(116)128(122)74-96-53-105(141-85-99-59-111(135-79-91-39-23-11-24-40-91)69-112(60-99)136-80-92-41-25-12-26-42-92)66-106(54-96)142-86-100-61-113(137-81-93-43-27-13-28-44-93)70-114(62-100)138-82-94-45-29-14-30-46-94/h7-72H,73-86H2,1-6H3. The summed E-state index contributed by atoms with van der Waals surface area (Å²) in [4.78, 5) is 32.8. The monoisotopic (exact) mass is 1880 g/mol. The Bertz CT molecular complexity index is 6690. The molecule has 0 spiro atoms. The van der Waals surface area contributed by atoms with Crippen molar-refractivity contribution in [3.8, 4) is 69.0 Å². The van der Waals surface area contributed by atoms with Crippen molar-refractivity contribution in [3.05, 3.63) is 510 Å². The molecule has 19 aromatic rings. The minimum atomic E-state index is -0.361. The summed E-state index contributed by atoms with van der Waals surface area (Å²) in [7, 11) is 0. The molecule has 710 valence electrons. The summed E-state index contributed by atoms with van der Waals surface area (Å²) in [6.45, 7) is 16.3. The van der Waals surface area contributed by atoms with Crippen LogP contribution in [0.3, 0.4) is 0 Å². The van der Waals surface area contributed by atoms with E-state index in [4.69, 9.17) is 56.8 Å². The molecular formula is C126H112N2O14. The lowest BCUT2D eigenvalue weighted by molar-refractivity contribution is 0.276. The summed E-state index contributed by atoms with van der Waals surface area (Å²) in [6.07, 6.45) is 0. The van der Waals surface area contributed by atoms with E-state index in [0.29, 0.717) is 165 Å². The molecule has 0 fully saturated rings. The Morgan fingerprint density at radius 1 is 0.169 bits per heavy atom. The van der Waals surface area contributed by atoms with Gasteiger partial charge in [-0.1, -0.05) is 296 Å².